The maximum atomic E-state index is 5.96. The first-order chi connectivity index (χ1) is 10.7. The van der Waals surface area contributed by atoms with Gasteiger partial charge in [0, 0.05) is 17.8 Å². The maximum absolute atomic E-state index is 5.96. The summed E-state index contributed by atoms with van der Waals surface area (Å²) in [6.07, 6.45) is 1.62. The third-order valence-corrected chi connectivity index (χ3v) is 3.75. The first-order valence-electron chi connectivity index (χ1n) is 6.42. The zero-order valence-corrected chi connectivity index (χ0v) is 12.7. The molecule has 8 heteroatoms. The van der Waals surface area contributed by atoms with Crippen molar-refractivity contribution in [2.24, 2.45) is 0 Å². The van der Waals surface area contributed by atoms with Crippen molar-refractivity contribution in [3.63, 3.8) is 0 Å². The molecule has 1 aromatic carbocycles. The number of hydrogen-bond donors (Lipinski definition) is 1. The number of fused-ring (bicyclic) bond motifs is 1. The predicted octanol–water partition coefficient (Wildman–Crippen LogP) is 3.37. The van der Waals surface area contributed by atoms with Gasteiger partial charge in [-0.3, -0.25) is 9.67 Å². The summed E-state index contributed by atoms with van der Waals surface area (Å²) >= 11 is 11.3. The highest BCUT2D eigenvalue weighted by Gasteiger charge is 2.17. The molecule has 3 aromatic rings. The molecule has 1 aliphatic heterocycles. The largest absolute Gasteiger partial charge is 0.454 e. The van der Waals surface area contributed by atoms with Crippen LogP contribution in [0, 0.1) is 4.77 Å². The minimum atomic E-state index is 0.225. The fourth-order valence-corrected chi connectivity index (χ4v) is 2.71. The lowest BCUT2D eigenvalue weighted by Gasteiger charge is -2.08. The van der Waals surface area contributed by atoms with Gasteiger partial charge >= 0.3 is 0 Å². The van der Waals surface area contributed by atoms with E-state index < -0.39 is 0 Å². The van der Waals surface area contributed by atoms with Crippen molar-refractivity contribution in [1.82, 2.24) is 19.7 Å². The average Bonchev–Trinajstić information content (AvgIpc) is 3.12. The van der Waals surface area contributed by atoms with E-state index in [-0.39, 0.29) is 6.79 Å². The third-order valence-electron chi connectivity index (χ3n) is 3.27. The Hall–Kier alpha value is -2.38. The number of H-pyrrole nitrogens is 1. The summed E-state index contributed by atoms with van der Waals surface area (Å²) in [5.41, 5.74) is 1.64. The Morgan fingerprint density at radius 3 is 2.91 bits per heavy atom. The number of hydrogen-bond acceptors (Lipinski definition) is 5. The minimum Gasteiger partial charge on any atom is -0.454 e. The Morgan fingerprint density at radius 1 is 1.18 bits per heavy atom. The molecule has 0 atom stereocenters. The Balaban J connectivity index is 1.89. The first-order valence-corrected chi connectivity index (χ1v) is 7.20. The van der Waals surface area contributed by atoms with Crippen molar-refractivity contribution in [1.29, 1.82) is 0 Å². The molecule has 0 radical (unpaired) electrons. The number of nitrogens with one attached hydrogen (secondary N) is 1. The number of halogens is 1. The molecule has 22 heavy (non-hydrogen) atoms. The van der Waals surface area contributed by atoms with Gasteiger partial charge in [-0.15, -0.1) is 0 Å². The van der Waals surface area contributed by atoms with Crippen LogP contribution in [0.5, 0.6) is 11.5 Å². The van der Waals surface area contributed by atoms with Gasteiger partial charge in [-0.05, 0) is 36.5 Å². The Bertz CT molecular complexity index is 921. The van der Waals surface area contributed by atoms with Crippen LogP contribution in [-0.2, 0) is 0 Å². The molecule has 3 heterocycles. The van der Waals surface area contributed by atoms with E-state index in [1.54, 1.807) is 12.3 Å². The molecule has 0 amide bonds. The Morgan fingerprint density at radius 2 is 2.05 bits per heavy atom. The van der Waals surface area contributed by atoms with Crippen LogP contribution in [0.25, 0.3) is 17.1 Å². The van der Waals surface area contributed by atoms with Crippen molar-refractivity contribution >= 4 is 23.8 Å². The lowest BCUT2D eigenvalue weighted by Crippen LogP contribution is -1.98. The quantitative estimate of drug-likeness (QED) is 0.575. The molecule has 1 aliphatic rings. The molecule has 110 valence electrons. The predicted molar refractivity (Wildman–Crippen MR) is 83.1 cm³/mol. The molecule has 4 rings (SSSR count). The van der Waals surface area contributed by atoms with Crippen molar-refractivity contribution in [2.75, 3.05) is 6.79 Å². The molecule has 0 saturated carbocycles. The number of ether oxygens (including phenoxy) is 2. The average molecular weight is 333 g/mol. The van der Waals surface area contributed by atoms with Gasteiger partial charge in [-0.25, -0.2) is 4.98 Å². The molecule has 0 bridgehead atoms. The second kappa shape index (κ2) is 5.11. The monoisotopic (exact) mass is 332 g/mol. The van der Waals surface area contributed by atoms with E-state index in [1.807, 2.05) is 28.8 Å². The van der Waals surface area contributed by atoms with Gasteiger partial charge in [-0.1, -0.05) is 11.6 Å². The molecule has 6 nitrogen and oxygen atoms in total. The second-order valence-corrected chi connectivity index (χ2v) is 5.37. The fraction of sp³-hybridized carbons (Fsp3) is 0.0714. The number of benzene rings is 1. The highest BCUT2D eigenvalue weighted by atomic mass is 35.5. The van der Waals surface area contributed by atoms with E-state index in [9.17, 15) is 0 Å². The van der Waals surface area contributed by atoms with Crippen LogP contribution in [0.15, 0.2) is 36.5 Å². The first kappa shape index (κ1) is 13.3. The van der Waals surface area contributed by atoms with Crippen LogP contribution in [-0.4, -0.2) is 26.5 Å². The normalized spacial score (nSPS) is 12.6. The van der Waals surface area contributed by atoms with Gasteiger partial charge in [0.25, 0.3) is 0 Å². The molecular weight excluding hydrogens is 324 g/mol. The summed E-state index contributed by atoms with van der Waals surface area (Å²) < 4.78 is 13.0. The maximum Gasteiger partial charge on any atom is 0.231 e. The number of rotatable bonds is 2. The smallest absolute Gasteiger partial charge is 0.231 e. The van der Waals surface area contributed by atoms with E-state index in [0.717, 1.165) is 11.3 Å². The van der Waals surface area contributed by atoms with E-state index in [2.05, 4.69) is 15.2 Å². The molecule has 0 spiro atoms. The Kier molecular flexibility index (Phi) is 3.09. The van der Waals surface area contributed by atoms with Gasteiger partial charge in [0.15, 0.2) is 22.1 Å². The number of nitrogens with zero attached hydrogens (tertiary/aromatic N) is 3. The Labute approximate surface area is 135 Å². The molecule has 0 unspecified atom stereocenters. The zero-order chi connectivity index (χ0) is 15.1. The second-order valence-electron chi connectivity index (χ2n) is 4.59. The summed E-state index contributed by atoms with van der Waals surface area (Å²) in [5.74, 6) is 2.04. The number of pyridine rings is 1. The summed E-state index contributed by atoms with van der Waals surface area (Å²) in [6, 6.07) is 9.15. The summed E-state index contributed by atoms with van der Waals surface area (Å²) in [4.78, 5) is 3.98. The van der Waals surface area contributed by atoms with Crippen molar-refractivity contribution < 1.29 is 9.47 Å². The van der Waals surface area contributed by atoms with Crippen LogP contribution in [0.3, 0.4) is 0 Å². The highest BCUT2D eigenvalue weighted by molar-refractivity contribution is 7.71. The summed E-state index contributed by atoms with van der Waals surface area (Å²) in [5, 5.41) is 7.48. The van der Waals surface area contributed by atoms with Crippen LogP contribution in [0.4, 0.5) is 0 Å². The van der Waals surface area contributed by atoms with E-state index in [0.29, 0.717) is 27.2 Å². The molecule has 0 saturated heterocycles. The van der Waals surface area contributed by atoms with Crippen molar-refractivity contribution in [2.45, 2.75) is 0 Å². The van der Waals surface area contributed by atoms with Crippen molar-refractivity contribution in [3.05, 3.63) is 46.5 Å². The SMILES string of the molecule is S=c1[nH]nc(-c2ccnc(Cl)c2)n1-c1ccc2c(c1)OCO2. The molecular formula is C14H9ClN4O2S. The van der Waals surface area contributed by atoms with E-state index >= 15 is 0 Å². The fourth-order valence-electron chi connectivity index (χ4n) is 2.30. The lowest BCUT2D eigenvalue weighted by molar-refractivity contribution is 0.174. The number of aromatic amines is 1. The molecule has 0 aliphatic carbocycles. The van der Waals surface area contributed by atoms with Gasteiger partial charge < -0.3 is 9.47 Å². The van der Waals surface area contributed by atoms with Gasteiger partial charge in [0.1, 0.15) is 5.15 Å². The van der Waals surface area contributed by atoms with Crippen LogP contribution in [0.1, 0.15) is 0 Å². The zero-order valence-electron chi connectivity index (χ0n) is 11.1. The topological polar surface area (TPSA) is 65.0 Å². The standard InChI is InChI=1S/C14H9ClN4O2S/c15-12-5-8(3-4-16-12)13-17-18-14(22)19(13)9-1-2-10-11(6-9)21-7-20-10/h1-6H,7H2,(H,18,22). The van der Waals surface area contributed by atoms with Crippen LogP contribution >= 0.6 is 23.8 Å². The summed E-state index contributed by atoms with van der Waals surface area (Å²) in [6.45, 7) is 0.225. The van der Waals surface area contributed by atoms with Crippen LogP contribution < -0.4 is 9.47 Å². The summed E-state index contributed by atoms with van der Waals surface area (Å²) in [7, 11) is 0. The van der Waals surface area contributed by atoms with Crippen LogP contribution in [0.2, 0.25) is 5.15 Å². The molecule has 2 aromatic heterocycles. The number of aromatic nitrogens is 4. The van der Waals surface area contributed by atoms with E-state index in [4.69, 9.17) is 33.3 Å². The molecule has 1 N–H and O–H groups in total. The van der Waals surface area contributed by atoms with Gasteiger partial charge in [0.05, 0.1) is 5.69 Å². The molecule has 0 fully saturated rings. The van der Waals surface area contributed by atoms with Gasteiger partial charge in [-0.2, -0.15) is 5.10 Å². The van der Waals surface area contributed by atoms with Crippen molar-refractivity contribution in [3.8, 4) is 28.6 Å². The van der Waals surface area contributed by atoms with E-state index in [1.165, 1.54) is 0 Å². The lowest BCUT2D eigenvalue weighted by atomic mass is 10.2. The third kappa shape index (κ3) is 2.15. The van der Waals surface area contributed by atoms with Gasteiger partial charge in [0.2, 0.25) is 6.79 Å². The minimum absolute atomic E-state index is 0.225. The highest BCUT2D eigenvalue weighted by Crippen LogP contribution is 2.34.